The number of hydrogen-bond acceptors (Lipinski definition) is 1. The number of para-hydroxylation sites is 2. The largest absolute Gasteiger partial charge is 0.292 e. The van der Waals surface area contributed by atoms with Crippen LogP contribution in [0.1, 0.15) is 0 Å². The smallest absolute Gasteiger partial charge is 0.145 e. The Kier molecular flexibility index (Phi) is 5.99. The molecule has 0 atom stereocenters. The molecule has 1 aliphatic rings. The summed E-state index contributed by atoms with van der Waals surface area (Å²) in [6.07, 6.45) is 0. The second-order valence-electron chi connectivity index (χ2n) is 13.4. The third kappa shape index (κ3) is 4.08. The molecule has 236 valence electrons. The molecule has 0 aliphatic heterocycles. The topological polar surface area (TPSA) is 17.8 Å². The molecule has 0 spiro atoms. The van der Waals surface area contributed by atoms with Crippen molar-refractivity contribution in [3.8, 4) is 61.6 Å². The fraction of sp³-hybridized carbons (Fsp3) is 0. The Labute approximate surface area is 295 Å². The molecule has 0 N–H and O–H groups in total. The highest BCUT2D eigenvalue weighted by Gasteiger charge is 2.24. The van der Waals surface area contributed by atoms with Crippen LogP contribution < -0.4 is 0 Å². The lowest BCUT2D eigenvalue weighted by atomic mass is 9.84. The van der Waals surface area contributed by atoms with Gasteiger partial charge in [0.25, 0.3) is 0 Å². The molecule has 0 saturated heterocycles. The molecule has 1 aromatic heterocycles. The molecule has 9 aromatic carbocycles. The lowest BCUT2D eigenvalue weighted by Gasteiger charge is -2.19. The number of rotatable bonds is 4. The number of aromatic nitrogens is 2. The minimum absolute atomic E-state index is 0.943. The highest BCUT2D eigenvalue weighted by molar-refractivity contribution is 6.26. The van der Waals surface area contributed by atoms with Gasteiger partial charge in [0.1, 0.15) is 5.82 Å². The first-order valence-corrected chi connectivity index (χ1v) is 17.6. The molecule has 0 amide bonds. The summed E-state index contributed by atoms with van der Waals surface area (Å²) < 4.78 is 2.28. The van der Waals surface area contributed by atoms with Crippen LogP contribution in [0.2, 0.25) is 0 Å². The van der Waals surface area contributed by atoms with E-state index in [-0.39, 0.29) is 0 Å². The maximum absolute atomic E-state index is 5.07. The Hall–Kier alpha value is -6.77. The van der Waals surface area contributed by atoms with Crippen molar-refractivity contribution >= 4 is 43.4 Å². The van der Waals surface area contributed by atoms with Gasteiger partial charge in [-0.05, 0) is 101 Å². The van der Waals surface area contributed by atoms with Crippen molar-refractivity contribution in [2.24, 2.45) is 0 Å². The fourth-order valence-corrected chi connectivity index (χ4v) is 8.60. The van der Waals surface area contributed by atoms with Crippen LogP contribution >= 0.6 is 0 Å². The van der Waals surface area contributed by atoms with E-state index in [0.717, 1.165) is 28.1 Å². The lowest BCUT2D eigenvalue weighted by Crippen LogP contribution is -1.98. The Morgan fingerprint density at radius 3 is 1.57 bits per heavy atom. The average Bonchev–Trinajstić information content (AvgIpc) is 3.75. The van der Waals surface area contributed by atoms with E-state index in [0.29, 0.717) is 0 Å². The monoisotopic (exact) mass is 646 g/mol. The predicted molar refractivity (Wildman–Crippen MR) is 214 cm³/mol. The van der Waals surface area contributed by atoms with Gasteiger partial charge in [-0.1, -0.05) is 158 Å². The number of hydrogen-bond donors (Lipinski definition) is 0. The second kappa shape index (κ2) is 10.9. The summed E-state index contributed by atoms with van der Waals surface area (Å²) in [6.45, 7) is 0. The van der Waals surface area contributed by atoms with Gasteiger partial charge in [-0.3, -0.25) is 4.57 Å². The van der Waals surface area contributed by atoms with Crippen molar-refractivity contribution in [3.05, 3.63) is 182 Å². The van der Waals surface area contributed by atoms with Crippen molar-refractivity contribution in [2.75, 3.05) is 0 Å². The third-order valence-corrected chi connectivity index (χ3v) is 10.8. The van der Waals surface area contributed by atoms with Crippen LogP contribution in [-0.4, -0.2) is 9.55 Å². The van der Waals surface area contributed by atoms with Crippen molar-refractivity contribution in [1.29, 1.82) is 0 Å². The third-order valence-electron chi connectivity index (χ3n) is 10.8. The van der Waals surface area contributed by atoms with E-state index in [1.165, 1.54) is 76.8 Å². The summed E-state index contributed by atoms with van der Waals surface area (Å²) in [4.78, 5) is 5.07. The lowest BCUT2D eigenvalue weighted by molar-refractivity contribution is 1.10. The quantitative estimate of drug-likeness (QED) is 0.174. The molecular weight excluding hydrogens is 617 g/mol. The Balaban J connectivity index is 1.13. The highest BCUT2D eigenvalue weighted by Crippen LogP contribution is 2.51. The van der Waals surface area contributed by atoms with Crippen LogP contribution in [0.15, 0.2) is 182 Å². The van der Waals surface area contributed by atoms with E-state index in [1.54, 1.807) is 0 Å². The molecule has 1 aliphatic carbocycles. The van der Waals surface area contributed by atoms with Gasteiger partial charge in [-0.2, -0.15) is 0 Å². The average molecular weight is 647 g/mol. The maximum Gasteiger partial charge on any atom is 0.145 e. The summed E-state index contributed by atoms with van der Waals surface area (Å²) in [5.41, 5.74) is 14.6. The van der Waals surface area contributed by atoms with Gasteiger partial charge in [0.05, 0.1) is 11.0 Å². The van der Waals surface area contributed by atoms with Gasteiger partial charge < -0.3 is 0 Å². The molecule has 0 saturated carbocycles. The van der Waals surface area contributed by atoms with Crippen molar-refractivity contribution < 1.29 is 0 Å². The van der Waals surface area contributed by atoms with E-state index in [4.69, 9.17) is 4.98 Å². The first-order valence-electron chi connectivity index (χ1n) is 17.6. The first-order chi connectivity index (χ1) is 25.3. The maximum atomic E-state index is 5.07. The zero-order valence-electron chi connectivity index (χ0n) is 27.7. The van der Waals surface area contributed by atoms with Gasteiger partial charge in [-0.25, -0.2) is 4.98 Å². The van der Waals surface area contributed by atoms with Gasteiger partial charge in [0, 0.05) is 11.3 Å². The summed E-state index contributed by atoms with van der Waals surface area (Å²) in [5, 5.41) is 7.69. The molecule has 10 aromatic rings. The van der Waals surface area contributed by atoms with Crippen LogP contribution in [0.25, 0.3) is 105 Å². The standard InChI is InChI=1S/C49H30N2/c1-2-13-32(14-3-1)49-50-44-23-10-11-24-45(44)51(49)33-27-25-31(26-28-33)46-37-17-6-8-19-39(37)48(40-20-9-7-18-38(40)46)43-30-29-42-35-16-5-4-15-34(35)36-21-12-22-41(43)47(36)42/h1-30H. The Morgan fingerprint density at radius 1 is 0.333 bits per heavy atom. The molecule has 1 heterocycles. The zero-order valence-corrected chi connectivity index (χ0v) is 27.7. The minimum atomic E-state index is 0.943. The van der Waals surface area contributed by atoms with Crippen LogP contribution in [0, 0.1) is 0 Å². The first kappa shape index (κ1) is 28.1. The fourth-order valence-electron chi connectivity index (χ4n) is 8.60. The van der Waals surface area contributed by atoms with E-state index < -0.39 is 0 Å². The number of imidazole rings is 1. The Morgan fingerprint density at radius 2 is 0.863 bits per heavy atom. The van der Waals surface area contributed by atoms with Gasteiger partial charge in [0.15, 0.2) is 0 Å². The molecule has 2 nitrogen and oxygen atoms in total. The van der Waals surface area contributed by atoms with E-state index in [2.05, 4.69) is 187 Å². The van der Waals surface area contributed by atoms with E-state index >= 15 is 0 Å². The molecule has 0 radical (unpaired) electrons. The predicted octanol–water partition coefficient (Wildman–Crippen LogP) is 13.1. The van der Waals surface area contributed by atoms with Crippen LogP contribution in [-0.2, 0) is 0 Å². The van der Waals surface area contributed by atoms with Gasteiger partial charge in [0.2, 0.25) is 0 Å². The van der Waals surface area contributed by atoms with Gasteiger partial charge in [-0.15, -0.1) is 0 Å². The minimum Gasteiger partial charge on any atom is -0.292 e. The Bertz CT molecular complexity index is 2920. The van der Waals surface area contributed by atoms with E-state index in [9.17, 15) is 0 Å². The van der Waals surface area contributed by atoms with Gasteiger partial charge >= 0.3 is 0 Å². The van der Waals surface area contributed by atoms with Crippen LogP contribution in [0.4, 0.5) is 0 Å². The molecule has 0 unspecified atom stereocenters. The summed E-state index contributed by atoms with van der Waals surface area (Å²) >= 11 is 0. The number of nitrogens with zero attached hydrogens (tertiary/aromatic N) is 2. The normalized spacial score (nSPS) is 11.9. The second-order valence-corrected chi connectivity index (χ2v) is 13.4. The summed E-state index contributed by atoms with van der Waals surface area (Å²) in [5.74, 6) is 0.943. The molecule has 11 rings (SSSR count). The molecule has 2 heteroatoms. The van der Waals surface area contributed by atoms with Crippen LogP contribution in [0.3, 0.4) is 0 Å². The summed E-state index contributed by atoms with van der Waals surface area (Å²) in [7, 11) is 0. The van der Waals surface area contributed by atoms with Crippen molar-refractivity contribution in [1.82, 2.24) is 9.55 Å². The van der Waals surface area contributed by atoms with Crippen molar-refractivity contribution in [3.63, 3.8) is 0 Å². The zero-order chi connectivity index (χ0) is 33.5. The number of fused-ring (bicyclic) bond motifs is 6. The highest BCUT2D eigenvalue weighted by atomic mass is 15.1. The molecule has 51 heavy (non-hydrogen) atoms. The summed E-state index contributed by atoms with van der Waals surface area (Å²) in [6, 6.07) is 66.1. The van der Waals surface area contributed by atoms with Crippen LogP contribution in [0.5, 0.6) is 0 Å². The SMILES string of the molecule is c1ccc(-c2nc3ccccc3n2-c2ccc(-c3c4ccccc4c(-c4ccc5c6c(cccc46)-c4ccccc4-5)c4ccccc34)cc2)cc1. The van der Waals surface area contributed by atoms with Crippen molar-refractivity contribution in [2.45, 2.75) is 0 Å². The molecular formula is C49H30N2. The number of benzene rings is 9. The molecule has 0 fully saturated rings. The molecule has 0 bridgehead atoms. The van der Waals surface area contributed by atoms with E-state index in [1.807, 2.05) is 0 Å².